The van der Waals surface area contributed by atoms with E-state index in [1.54, 1.807) is 0 Å². The molecule has 1 unspecified atom stereocenters. The molecular formula is C19H34N4O2. The highest BCUT2D eigenvalue weighted by Gasteiger charge is 2.42. The van der Waals surface area contributed by atoms with Crippen LogP contribution in [-0.4, -0.2) is 62.2 Å². The van der Waals surface area contributed by atoms with Crippen LogP contribution < -0.4 is 10.6 Å². The number of rotatable bonds is 5. The van der Waals surface area contributed by atoms with E-state index in [0.29, 0.717) is 24.4 Å². The van der Waals surface area contributed by atoms with Crippen LogP contribution in [0.15, 0.2) is 4.99 Å². The molecule has 2 aliphatic heterocycles. The number of hydrogen-bond acceptors (Lipinski definition) is 3. The van der Waals surface area contributed by atoms with Crippen LogP contribution >= 0.6 is 0 Å². The van der Waals surface area contributed by atoms with Crippen molar-refractivity contribution in [3.05, 3.63) is 0 Å². The van der Waals surface area contributed by atoms with E-state index >= 15 is 0 Å². The van der Waals surface area contributed by atoms with E-state index in [1.807, 2.05) is 0 Å². The minimum absolute atomic E-state index is 0.147. The third-order valence-corrected chi connectivity index (χ3v) is 5.83. The van der Waals surface area contributed by atoms with Gasteiger partial charge in [0.2, 0.25) is 5.91 Å². The van der Waals surface area contributed by atoms with Gasteiger partial charge in [-0.05, 0) is 32.6 Å². The molecule has 1 spiro atoms. The summed E-state index contributed by atoms with van der Waals surface area (Å²) in [4.78, 5) is 19.2. The molecular weight excluding hydrogens is 316 g/mol. The van der Waals surface area contributed by atoms with Crippen molar-refractivity contribution < 1.29 is 9.53 Å². The molecule has 2 heterocycles. The van der Waals surface area contributed by atoms with Crippen molar-refractivity contribution in [2.75, 3.05) is 39.4 Å². The first kappa shape index (κ1) is 18.5. The standard InChI is InChI=1S/C19H34N4O2/c1-2-20-18(23-12-9-19(14-23)10-13-25-15-19)21-11-8-17(24)22-16-6-4-3-5-7-16/h16H,2-15H2,1H3,(H,20,21)(H,22,24). The Kier molecular flexibility index (Phi) is 6.57. The number of nitrogens with zero attached hydrogens (tertiary/aromatic N) is 2. The van der Waals surface area contributed by atoms with Crippen molar-refractivity contribution in [1.82, 2.24) is 15.5 Å². The lowest BCUT2D eigenvalue weighted by molar-refractivity contribution is -0.121. The largest absolute Gasteiger partial charge is 0.381 e. The highest BCUT2D eigenvalue weighted by Crippen LogP contribution is 2.38. The summed E-state index contributed by atoms with van der Waals surface area (Å²) in [6.07, 6.45) is 8.89. The molecule has 0 aromatic rings. The van der Waals surface area contributed by atoms with Gasteiger partial charge in [-0.2, -0.15) is 0 Å². The van der Waals surface area contributed by atoms with E-state index in [2.05, 4.69) is 22.5 Å². The molecule has 0 radical (unpaired) electrons. The van der Waals surface area contributed by atoms with Gasteiger partial charge < -0.3 is 20.3 Å². The molecule has 3 fully saturated rings. The van der Waals surface area contributed by atoms with E-state index in [0.717, 1.165) is 58.1 Å². The van der Waals surface area contributed by atoms with Gasteiger partial charge in [0.05, 0.1) is 13.2 Å². The summed E-state index contributed by atoms with van der Waals surface area (Å²) in [5.74, 6) is 1.10. The molecule has 6 heteroatoms. The summed E-state index contributed by atoms with van der Waals surface area (Å²) >= 11 is 0. The monoisotopic (exact) mass is 350 g/mol. The quantitative estimate of drug-likeness (QED) is 0.587. The molecule has 25 heavy (non-hydrogen) atoms. The van der Waals surface area contributed by atoms with Crippen molar-refractivity contribution in [3.8, 4) is 0 Å². The molecule has 6 nitrogen and oxygen atoms in total. The Morgan fingerprint density at radius 3 is 2.84 bits per heavy atom. The normalized spacial score (nSPS) is 27.9. The van der Waals surface area contributed by atoms with Crippen LogP contribution in [0.25, 0.3) is 0 Å². The maximum absolute atomic E-state index is 12.1. The number of hydrogen-bond donors (Lipinski definition) is 2. The second kappa shape index (κ2) is 8.88. The fourth-order valence-electron chi connectivity index (χ4n) is 4.32. The molecule has 3 aliphatic rings. The molecule has 3 rings (SSSR count). The van der Waals surface area contributed by atoms with Crippen LogP contribution in [0.2, 0.25) is 0 Å². The van der Waals surface area contributed by atoms with Gasteiger partial charge in [-0.1, -0.05) is 19.3 Å². The van der Waals surface area contributed by atoms with Crippen LogP contribution in [0, 0.1) is 5.41 Å². The number of amides is 1. The van der Waals surface area contributed by atoms with Gasteiger partial charge in [-0.3, -0.25) is 9.79 Å². The Balaban J connectivity index is 1.46. The predicted molar refractivity (Wildman–Crippen MR) is 99.7 cm³/mol. The van der Waals surface area contributed by atoms with E-state index < -0.39 is 0 Å². The molecule has 2 N–H and O–H groups in total. The lowest BCUT2D eigenvalue weighted by Crippen LogP contribution is -2.42. The van der Waals surface area contributed by atoms with E-state index in [-0.39, 0.29) is 5.91 Å². The highest BCUT2D eigenvalue weighted by molar-refractivity contribution is 5.81. The summed E-state index contributed by atoms with van der Waals surface area (Å²) in [5.41, 5.74) is 0.328. The van der Waals surface area contributed by atoms with Crippen LogP contribution in [0.4, 0.5) is 0 Å². The molecule has 1 aliphatic carbocycles. The summed E-state index contributed by atoms with van der Waals surface area (Å²) in [6, 6.07) is 0.388. The fraction of sp³-hybridized carbons (Fsp3) is 0.895. The van der Waals surface area contributed by atoms with Gasteiger partial charge in [-0.15, -0.1) is 0 Å². The molecule has 0 bridgehead atoms. The van der Waals surface area contributed by atoms with E-state index in [1.165, 1.54) is 25.7 Å². The minimum Gasteiger partial charge on any atom is -0.381 e. The maximum Gasteiger partial charge on any atom is 0.222 e. The number of guanidine groups is 1. The van der Waals surface area contributed by atoms with Crippen LogP contribution in [-0.2, 0) is 9.53 Å². The van der Waals surface area contributed by atoms with E-state index in [4.69, 9.17) is 9.73 Å². The molecule has 0 aromatic carbocycles. The fourth-order valence-corrected chi connectivity index (χ4v) is 4.32. The van der Waals surface area contributed by atoms with Crippen LogP contribution in [0.3, 0.4) is 0 Å². The summed E-state index contributed by atoms with van der Waals surface area (Å²) in [6.45, 7) is 7.33. The van der Waals surface area contributed by atoms with Crippen molar-refractivity contribution in [1.29, 1.82) is 0 Å². The second-order valence-corrected chi connectivity index (χ2v) is 7.86. The maximum atomic E-state index is 12.1. The van der Waals surface area contributed by atoms with Gasteiger partial charge in [-0.25, -0.2) is 0 Å². The van der Waals surface area contributed by atoms with E-state index in [9.17, 15) is 4.79 Å². The Labute approximate surface area is 151 Å². The number of nitrogens with one attached hydrogen (secondary N) is 2. The summed E-state index contributed by atoms with van der Waals surface area (Å²) < 4.78 is 5.62. The first-order valence-corrected chi connectivity index (χ1v) is 10.1. The third kappa shape index (κ3) is 5.09. The smallest absolute Gasteiger partial charge is 0.222 e. The molecule has 1 atom stereocenters. The molecule has 0 aromatic heterocycles. The molecule has 2 saturated heterocycles. The van der Waals surface area contributed by atoms with Crippen molar-refractivity contribution in [2.24, 2.45) is 10.4 Å². The SMILES string of the molecule is CCNC(=NCCC(=O)NC1CCCCC1)N1CCC2(CCOC2)C1. The Morgan fingerprint density at radius 1 is 1.28 bits per heavy atom. The van der Waals surface area contributed by atoms with Crippen LogP contribution in [0.5, 0.6) is 0 Å². The Hall–Kier alpha value is -1.30. The number of carbonyl (C=O) groups is 1. The zero-order valence-corrected chi connectivity index (χ0v) is 15.7. The minimum atomic E-state index is 0.147. The molecule has 1 amide bonds. The number of aliphatic imine (C=N–C) groups is 1. The lowest BCUT2D eigenvalue weighted by Gasteiger charge is -2.25. The van der Waals surface area contributed by atoms with Crippen LogP contribution in [0.1, 0.15) is 58.3 Å². The third-order valence-electron chi connectivity index (χ3n) is 5.83. The number of carbonyl (C=O) groups excluding carboxylic acids is 1. The van der Waals surface area contributed by atoms with Gasteiger partial charge >= 0.3 is 0 Å². The number of likely N-dealkylation sites (tertiary alicyclic amines) is 1. The Morgan fingerprint density at radius 2 is 2.12 bits per heavy atom. The first-order valence-electron chi connectivity index (χ1n) is 10.1. The average molecular weight is 351 g/mol. The molecule has 142 valence electrons. The second-order valence-electron chi connectivity index (χ2n) is 7.86. The highest BCUT2D eigenvalue weighted by atomic mass is 16.5. The van der Waals surface area contributed by atoms with Gasteiger partial charge in [0.15, 0.2) is 5.96 Å². The zero-order valence-electron chi connectivity index (χ0n) is 15.7. The Bertz CT molecular complexity index is 468. The average Bonchev–Trinajstić information content (AvgIpc) is 3.25. The summed E-state index contributed by atoms with van der Waals surface area (Å²) in [5, 5.41) is 6.56. The topological polar surface area (TPSA) is 66.0 Å². The van der Waals surface area contributed by atoms with Crippen molar-refractivity contribution >= 4 is 11.9 Å². The first-order chi connectivity index (χ1) is 12.2. The van der Waals surface area contributed by atoms with Crippen molar-refractivity contribution in [3.63, 3.8) is 0 Å². The lowest BCUT2D eigenvalue weighted by atomic mass is 9.87. The van der Waals surface area contributed by atoms with Crippen molar-refractivity contribution in [2.45, 2.75) is 64.3 Å². The summed E-state index contributed by atoms with van der Waals surface area (Å²) in [7, 11) is 0. The van der Waals surface area contributed by atoms with Gasteiger partial charge in [0.1, 0.15) is 0 Å². The molecule has 1 saturated carbocycles. The zero-order chi connectivity index (χ0) is 17.5. The predicted octanol–water partition coefficient (Wildman–Crippen LogP) is 1.90. The van der Waals surface area contributed by atoms with Gasteiger partial charge in [0.25, 0.3) is 0 Å². The van der Waals surface area contributed by atoms with Gasteiger partial charge in [0, 0.05) is 44.1 Å². The number of ether oxygens (including phenoxy) is 1.